The van der Waals surface area contributed by atoms with Gasteiger partial charge >= 0.3 is 0 Å². The van der Waals surface area contributed by atoms with E-state index in [0.29, 0.717) is 13.0 Å². The third-order valence-electron chi connectivity index (χ3n) is 3.90. The van der Waals surface area contributed by atoms with Crippen LogP contribution in [0.5, 0.6) is 0 Å². The first-order chi connectivity index (χ1) is 11.0. The predicted octanol–water partition coefficient (Wildman–Crippen LogP) is 4.13. The molecule has 0 saturated heterocycles. The minimum absolute atomic E-state index is 0.221. The van der Waals surface area contributed by atoms with E-state index < -0.39 is 10.1 Å². The highest BCUT2D eigenvalue weighted by Gasteiger charge is 2.24. The third-order valence-corrected chi connectivity index (χ3v) is 5.94. The van der Waals surface area contributed by atoms with Gasteiger partial charge in [-0.3, -0.25) is 4.55 Å². The Morgan fingerprint density at radius 1 is 1.09 bits per heavy atom. The second-order valence-electron chi connectivity index (χ2n) is 5.48. The molecule has 0 radical (unpaired) electrons. The molecule has 1 N–H and O–H groups in total. The fraction of sp³-hybridized carbons (Fsp3) is 0.294. The van der Waals surface area contributed by atoms with Crippen LogP contribution in [0.15, 0.2) is 52.3 Å². The molecule has 0 amide bonds. The van der Waals surface area contributed by atoms with Crippen molar-refractivity contribution >= 4 is 33.3 Å². The second-order valence-corrected chi connectivity index (χ2v) is 8.10. The van der Waals surface area contributed by atoms with Crippen LogP contribution in [-0.2, 0) is 16.5 Å². The number of nitrogens with zero attached hydrogens (tertiary/aromatic N) is 1. The monoisotopic (exact) mass is 349 g/mol. The zero-order chi connectivity index (χ0) is 16.4. The van der Waals surface area contributed by atoms with E-state index >= 15 is 0 Å². The fourth-order valence-corrected chi connectivity index (χ4v) is 4.60. The van der Waals surface area contributed by atoms with Gasteiger partial charge in [0.2, 0.25) is 0 Å². The minimum atomic E-state index is -3.92. The van der Waals surface area contributed by atoms with Gasteiger partial charge < -0.3 is 4.90 Å². The lowest BCUT2D eigenvalue weighted by atomic mass is 10.1. The van der Waals surface area contributed by atoms with Gasteiger partial charge in [0.15, 0.2) is 0 Å². The molecule has 1 heterocycles. The number of aryl methyl sites for hydroxylation is 1. The zero-order valence-corrected chi connectivity index (χ0v) is 14.5. The van der Waals surface area contributed by atoms with Crippen LogP contribution in [0.25, 0.3) is 0 Å². The lowest BCUT2D eigenvalue weighted by molar-refractivity contribution is 0.481. The highest BCUT2D eigenvalue weighted by atomic mass is 32.2. The Balaban J connectivity index is 1.98. The van der Waals surface area contributed by atoms with Gasteiger partial charge in [-0.05, 0) is 36.6 Å². The van der Waals surface area contributed by atoms with Crippen molar-refractivity contribution in [2.24, 2.45) is 0 Å². The molecule has 23 heavy (non-hydrogen) atoms. The molecule has 0 bridgehead atoms. The maximum absolute atomic E-state index is 11.0. The summed E-state index contributed by atoms with van der Waals surface area (Å²) in [5.41, 5.74) is 3.50. The number of para-hydroxylation sites is 1. The van der Waals surface area contributed by atoms with E-state index in [4.69, 9.17) is 4.55 Å². The van der Waals surface area contributed by atoms with Crippen LogP contribution in [0.1, 0.15) is 18.9 Å². The van der Waals surface area contributed by atoms with Crippen molar-refractivity contribution in [2.45, 2.75) is 29.6 Å². The topological polar surface area (TPSA) is 57.6 Å². The van der Waals surface area contributed by atoms with Gasteiger partial charge in [-0.25, -0.2) is 0 Å². The van der Waals surface area contributed by atoms with E-state index in [1.54, 1.807) is 11.8 Å². The molecule has 0 saturated carbocycles. The van der Waals surface area contributed by atoms with Crippen LogP contribution in [-0.4, -0.2) is 25.3 Å². The molecule has 0 atom stereocenters. The van der Waals surface area contributed by atoms with Crippen molar-refractivity contribution in [2.75, 3.05) is 17.2 Å². The van der Waals surface area contributed by atoms with Gasteiger partial charge in [-0.2, -0.15) is 8.42 Å². The first-order valence-corrected chi connectivity index (χ1v) is 10.0. The van der Waals surface area contributed by atoms with Crippen molar-refractivity contribution in [3.05, 3.63) is 48.0 Å². The molecule has 0 aliphatic carbocycles. The van der Waals surface area contributed by atoms with Crippen LogP contribution >= 0.6 is 11.8 Å². The smallest absolute Gasteiger partial charge is 0.264 e. The molecular weight excluding hydrogens is 330 g/mol. The first kappa shape index (κ1) is 16.4. The Kier molecular flexibility index (Phi) is 4.66. The molecule has 4 nitrogen and oxygen atoms in total. The van der Waals surface area contributed by atoms with Crippen molar-refractivity contribution in [1.29, 1.82) is 0 Å². The van der Waals surface area contributed by atoms with E-state index in [-0.39, 0.29) is 5.75 Å². The van der Waals surface area contributed by atoms with Crippen molar-refractivity contribution < 1.29 is 13.0 Å². The molecule has 1 aliphatic heterocycles. The Bertz CT molecular complexity index is 818. The standard InChI is InChI=1S/C17H19NO3S2/c1-2-13-7-5-9-15-17(13)22-16-10-4-3-8-14(16)18(15)11-6-12-23(19,20)21/h3-5,7-10H,2,6,11-12H2,1H3,(H,19,20,21). The average molecular weight is 349 g/mol. The highest BCUT2D eigenvalue weighted by molar-refractivity contribution is 7.99. The molecule has 0 unspecified atom stereocenters. The minimum Gasteiger partial charge on any atom is -0.340 e. The van der Waals surface area contributed by atoms with Crippen molar-refractivity contribution in [1.82, 2.24) is 0 Å². The maximum Gasteiger partial charge on any atom is 0.264 e. The number of fused-ring (bicyclic) bond motifs is 2. The van der Waals surface area contributed by atoms with Crippen LogP contribution in [0.2, 0.25) is 0 Å². The summed E-state index contributed by atoms with van der Waals surface area (Å²) in [7, 11) is -3.92. The SMILES string of the molecule is CCc1cccc2c1Sc1ccccc1N2CCCS(=O)(=O)O. The summed E-state index contributed by atoms with van der Waals surface area (Å²) in [6, 6.07) is 14.4. The molecular formula is C17H19NO3S2. The number of hydrogen-bond acceptors (Lipinski definition) is 4. The maximum atomic E-state index is 11.0. The largest absolute Gasteiger partial charge is 0.340 e. The predicted molar refractivity (Wildman–Crippen MR) is 94.4 cm³/mol. The van der Waals surface area contributed by atoms with E-state index in [1.807, 2.05) is 18.2 Å². The summed E-state index contributed by atoms with van der Waals surface area (Å²) in [4.78, 5) is 4.57. The van der Waals surface area contributed by atoms with Crippen LogP contribution in [0.3, 0.4) is 0 Å². The number of hydrogen-bond donors (Lipinski definition) is 1. The second kappa shape index (κ2) is 6.55. The highest BCUT2D eigenvalue weighted by Crippen LogP contribution is 2.49. The molecule has 3 rings (SSSR count). The van der Waals surface area contributed by atoms with Crippen LogP contribution < -0.4 is 4.90 Å². The van der Waals surface area contributed by atoms with Gasteiger partial charge in [0, 0.05) is 16.3 Å². The molecule has 2 aromatic carbocycles. The summed E-state index contributed by atoms with van der Waals surface area (Å²) in [5.74, 6) is -0.221. The molecule has 0 aromatic heterocycles. The van der Waals surface area contributed by atoms with Crippen LogP contribution in [0.4, 0.5) is 11.4 Å². The van der Waals surface area contributed by atoms with Crippen molar-refractivity contribution in [3.8, 4) is 0 Å². The van der Waals surface area contributed by atoms with Gasteiger partial charge in [-0.1, -0.05) is 43.0 Å². The lowest BCUT2D eigenvalue weighted by Gasteiger charge is -2.33. The van der Waals surface area contributed by atoms with Crippen LogP contribution in [0, 0.1) is 0 Å². The number of anilines is 2. The van der Waals surface area contributed by atoms with E-state index in [1.165, 1.54) is 15.4 Å². The summed E-state index contributed by atoms with van der Waals surface area (Å²) in [6.45, 7) is 2.69. The zero-order valence-electron chi connectivity index (χ0n) is 12.9. The number of benzene rings is 2. The van der Waals surface area contributed by atoms with Gasteiger partial charge in [-0.15, -0.1) is 0 Å². The first-order valence-electron chi connectivity index (χ1n) is 7.61. The number of rotatable bonds is 5. The Morgan fingerprint density at radius 3 is 2.57 bits per heavy atom. The summed E-state index contributed by atoms with van der Waals surface area (Å²) in [6.07, 6.45) is 1.34. The average Bonchev–Trinajstić information content (AvgIpc) is 2.52. The van der Waals surface area contributed by atoms with Gasteiger partial charge in [0.25, 0.3) is 10.1 Å². The van der Waals surface area contributed by atoms with E-state index in [2.05, 4.69) is 36.1 Å². The van der Waals surface area contributed by atoms with Crippen molar-refractivity contribution in [3.63, 3.8) is 0 Å². The van der Waals surface area contributed by atoms with E-state index in [0.717, 1.165) is 17.8 Å². The molecule has 2 aromatic rings. The Hall–Kier alpha value is -1.50. The summed E-state index contributed by atoms with van der Waals surface area (Å²) < 4.78 is 31.0. The Morgan fingerprint density at radius 2 is 1.83 bits per heavy atom. The fourth-order valence-electron chi connectivity index (χ4n) is 2.83. The molecule has 6 heteroatoms. The van der Waals surface area contributed by atoms with Gasteiger partial charge in [0.1, 0.15) is 0 Å². The Labute approximate surface area is 141 Å². The quantitative estimate of drug-likeness (QED) is 0.823. The normalized spacial score (nSPS) is 13.6. The molecule has 0 spiro atoms. The lowest BCUT2D eigenvalue weighted by Crippen LogP contribution is -2.24. The summed E-state index contributed by atoms with van der Waals surface area (Å²) >= 11 is 1.77. The molecule has 0 fully saturated rings. The summed E-state index contributed by atoms with van der Waals surface area (Å²) in [5, 5.41) is 0. The molecule has 122 valence electrons. The third kappa shape index (κ3) is 3.54. The van der Waals surface area contributed by atoms with Gasteiger partial charge in [0.05, 0.1) is 17.1 Å². The molecule has 1 aliphatic rings. The van der Waals surface area contributed by atoms with E-state index in [9.17, 15) is 8.42 Å².